The molecule has 0 amide bonds. The SMILES string of the molecule is NCCCn1cc(-c2ccc(OC(F)(F)F)cc2)c2cc(CN3CCN(Cc4cccc(OC(F)(F)F)c4)CC3)ccc21. The Morgan fingerprint density at radius 3 is 1.91 bits per heavy atom. The van der Waals surface area contributed by atoms with Crippen LogP contribution >= 0.6 is 0 Å². The van der Waals surface area contributed by atoms with Gasteiger partial charge in [0.05, 0.1) is 0 Å². The van der Waals surface area contributed by atoms with E-state index in [0.717, 1.165) is 72.3 Å². The molecule has 1 aliphatic rings. The Balaban J connectivity index is 1.27. The van der Waals surface area contributed by atoms with E-state index in [1.807, 2.05) is 6.20 Å². The second kappa shape index (κ2) is 12.9. The predicted molar refractivity (Wildman–Crippen MR) is 151 cm³/mol. The van der Waals surface area contributed by atoms with Gasteiger partial charge in [-0.05, 0) is 66.1 Å². The van der Waals surface area contributed by atoms with Crippen molar-refractivity contribution < 1.29 is 35.8 Å². The zero-order valence-corrected chi connectivity index (χ0v) is 23.3. The fourth-order valence-corrected chi connectivity index (χ4v) is 5.42. The van der Waals surface area contributed by atoms with Crippen LogP contribution in [0.5, 0.6) is 11.5 Å². The summed E-state index contributed by atoms with van der Waals surface area (Å²) in [6.07, 6.45) is -6.68. The van der Waals surface area contributed by atoms with E-state index in [9.17, 15) is 26.3 Å². The Morgan fingerprint density at radius 2 is 1.30 bits per heavy atom. The lowest BCUT2D eigenvalue weighted by molar-refractivity contribution is -0.275. The summed E-state index contributed by atoms with van der Waals surface area (Å²) in [6, 6.07) is 18.2. The van der Waals surface area contributed by atoms with E-state index in [2.05, 4.69) is 42.0 Å². The Labute approximate surface area is 245 Å². The first kappa shape index (κ1) is 30.7. The molecule has 1 fully saturated rings. The molecular formula is C31H32F6N4O2. The van der Waals surface area contributed by atoms with Crippen molar-refractivity contribution in [3.63, 3.8) is 0 Å². The third-order valence-electron chi connectivity index (χ3n) is 7.36. The Hall–Kier alpha value is -3.74. The van der Waals surface area contributed by atoms with Gasteiger partial charge >= 0.3 is 12.7 Å². The first-order valence-corrected chi connectivity index (χ1v) is 13.9. The molecule has 1 aromatic heterocycles. The molecule has 2 heterocycles. The van der Waals surface area contributed by atoms with Crippen LogP contribution in [0.4, 0.5) is 26.3 Å². The van der Waals surface area contributed by atoms with Gasteiger partial charge in [-0.3, -0.25) is 9.80 Å². The summed E-state index contributed by atoms with van der Waals surface area (Å²) in [6.45, 7) is 5.61. The second-order valence-corrected chi connectivity index (χ2v) is 10.5. The summed E-state index contributed by atoms with van der Waals surface area (Å²) in [4.78, 5) is 4.53. The highest BCUT2D eigenvalue weighted by Gasteiger charge is 2.32. The number of nitrogens with two attached hydrogens (primary N) is 1. The van der Waals surface area contributed by atoms with Gasteiger partial charge in [-0.25, -0.2) is 0 Å². The standard InChI is InChI=1S/C31H32F6N4O2/c32-30(33,34)42-25-8-6-24(7-9-25)28-21-41(12-2-11-38)29-10-5-23(18-27(28)29)20-40-15-13-39(14-16-40)19-22-3-1-4-26(17-22)43-31(35,36)37/h1,3-10,17-18,21H,2,11-16,19-20,38H2. The largest absolute Gasteiger partial charge is 0.573 e. The van der Waals surface area contributed by atoms with Crippen molar-refractivity contribution >= 4 is 10.9 Å². The zero-order valence-electron chi connectivity index (χ0n) is 23.3. The molecule has 43 heavy (non-hydrogen) atoms. The van der Waals surface area contributed by atoms with Crippen molar-refractivity contribution in [3.8, 4) is 22.6 Å². The number of alkyl halides is 6. The second-order valence-electron chi connectivity index (χ2n) is 10.5. The average Bonchev–Trinajstić information content (AvgIpc) is 3.29. The maximum Gasteiger partial charge on any atom is 0.573 e. The number of hydrogen-bond acceptors (Lipinski definition) is 5. The Kier molecular flexibility index (Phi) is 9.19. The van der Waals surface area contributed by atoms with Gasteiger partial charge in [0.1, 0.15) is 11.5 Å². The summed E-state index contributed by atoms with van der Waals surface area (Å²) in [5.41, 5.74) is 10.3. The van der Waals surface area contributed by atoms with E-state index < -0.39 is 12.7 Å². The van der Waals surface area contributed by atoms with Crippen LogP contribution in [0.2, 0.25) is 0 Å². The van der Waals surface area contributed by atoms with E-state index in [1.165, 1.54) is 24.3 Å². The van der Waals surface area contributed by atoms with E-state index in [-0.39, 0.29) is 11.5 Å². The van der Waals surface area contributed by atoms with Crippen LogP contribution in [-0.4, -0.2) is 59.8 Å². The summed E-state index contributed by atoms with van der Waals surface area (Å²) < 4.78 is 85.8. The fourth-order valence-electron chi connectivity index (χ4n) is 5.42. The first-order chi connectivity index (χ1) is 20.5. The van der Waals surface area contributed by atoms with Crippen LogP contribution in [0.25, 0.3) is 22.0 Å². The minimum Gasteiger partial charge on any atom is -0.406 e. The molecule has 5 rings (SSSR count). The summed E-state index contributed by atoms with van der Waals surface area (Å²) in [5.74, 6) is -0.494. The van der Waals surface area contributed by atoms with Crippen LogP contribution in [0, 0.1) is 0 Å². The third-order valence-corrected chi connectivity index (χ3v) is 7.36. The van der Waals surface area contributed by atoms with Gasteiger partial charge in [-0.1, -0.05) is 30.3 Å². The number of aryl methyl sites for hydroxylation is 1. The highest BCUT2D eigenvalue weighted by molar-refractivity contribution is 5.96. The Morgan fingerprint density at radius 1 is 0.698 bits per heavy atom. The molecule has 0 aliphatic carbocycles. The predicted octanol–water partition coefficient (Wildman–Crippen LogP) is 6.77. The van der Waals surface area contributed by atoms with E-state index in [0.29, 0.717) is 19.6 Å². The van der Waals surface area contributed by atoms with Gasteiger partial charge in [0.15, 0.2) is 0 Å². The van der Waals surface area contributed by atoms with Crippen LogP contribution < -0.4 is 15.2 Å². The van der Waals surface area contributed by atoms with Crippen molar-refractivity contribution in [2.45, 2.75) is 38.8 Å². The highest BCUT2D eigenvalue weighted by atomic mass is 19.4. The molecular weight excluding hydrogens is 574 g/mol. The molecule has 0 bridgehead atoms. The lowest BCUT2D eigenvalue weighted by atomic mass is 10.0. The summed E-state index contributed by atoms with van der Waals surface area (Å²) in [7, 11) is 0. The first-order valence-electron chi connectivity index (χ1n) is 13.9. The third kappa shape index (κ3) is 8.43. The zero-order chi connectivity index (χ0) is 30.6. The number of fused-ring (bicyclic) bond motifs is 1. The van der Waals surface area contributed by atoms with E-state index >= 15 is 0 Å². The molecule has 3 aromatic carbocycles. The number of rotatable bonds is 10. The van der Waals surface area contributed by atoms with Crippen LogP contribution in [0.1, 0.15) is 17.5 Å². The number of halogens is 6. The van der Waals surface area contributed by atoms with Crippen molar-refractivity contribution in [1.82, 2.24) is 14.4 Å². The summed E-state index contributed by atoms with van der Waals surface area (Å²) in [5, 5.41) is 0.999. The molecule has 2 N–H and O–H groups in total. The minimum absolute atomic E-state index is 0.221. The van der Waals surface area contributed by atoms with Gasteiger partial charge in [0.2, 0.25) is 0 Å². The number of piperazine rings is 1. The van der Waals surface area contributed by atoms with Crippen LogP contribution in [0.3, 0.4) is 0 Å². The molecule has 0 atom stereocenters. The van der Waals surface area contributed by atoms with Gasteiger partial charge < -0.3 is 19.8 Å². The maximum absolute atomic E-state index is 12.6. The van der Waals surface area contributed by atoms with Gasteiger partial charge in [-0.15, -0.1) is 26.3 Å². The summed E-state index contributed by atoms with van der Waals surface area (Å²) >= 11 is 0. The van der Waals surface area contributed by atoms with Crippen molar-refractivity contribution in [3.05, 3.63) is 84.1 Å². The number of ether oxygens (including phenoxy) is 2. The molecule has 0 unspecified atom stereocenters. The lowest BCUT2D eigenvalue weighted by Crippen LogP contribution is -2.45. The molecule has 12 heteroatoms. The molecule has 1 aliphatic heterocycles. The average molecular weight is 607 g/mol. The van der Waals surface area contributed by atoms with Crippen molar-refractivity contribution in [2.75, 3.05) is 32.7 Å². The molecule has 0 saturated carbocycles. The Bertz CT molecular complexity index is 1510. The van der Waals surface area contributed by atoms with Gasteiger partial charge in [-0.2, -0.15) is 0 Å². The molecule has 0 spiro atoms. The van der Waals surface area contributed by atoms with E-state index in [1.54, 1.807) is 24.3 Å². The number of nitrogens with zero attached hydrogens (tertiary/aromatic N) is 3. The van der Waals surface area contributed by atoms with Gasteiger partial charge in [0, 0.05) is 68.5 Å². The normalized spacial score (nSPS) is 15.2. The van der Waals surface area contributed by atoms with Crippen molar-refractivity contribution in [1.29, 1.82) is 0 Å². The lowest BCUT2D eigenvalue weighted by Gasteiger charge is -2.34. The highest BCUT2D eigenvalue weighted by Crippen LogP contribution is 2.34. The molecule has 6 nitrogen and oxygen atoms in total. The van der Waals surface area contributed by atoms with Crippen LogP contribution in [0.15, 0.2) is 72.9 Å². The number of benzene rings is 3. The molecule has 230 valence electrons. The minimum atomic E-state index is -4.75. The monoisotopic (exact) mass is 606 g/mol. The molecule has 0 radical (unpaired) electrons. The topological polar surface area (TPSA) is 55.9 Å². The number of aromatic nitrogens is 1. The number of hydrogen-bond donors (Lipinski definition) is 1. The van der Waals surface area contributed by atoms with E-state index in [4.69, 9.17) is 5.73 Å². The maximum atomic E-state index is 12.6. The van der Waals surface area contributed by atoms with Crippen molar-refractivity contribution in [2.24, 2.45) is 5.73 Å². The molecule has 4 aromatic rings. The fraction of sp³-hybridized carbons (Fsp3) is 0.355. The van der Waals surface area contributed by atoms with Gasteiger partial charge in [0.25, 0.3) is 0 Å². The van der Waals surface area contributed by atoms with Crippen LogP contribution in [-0.2, 0) is 19.6 Å². The quantitative estimate of drug-likeness (QED) is 0.202. The molecule has 1 saturated heterocycles. The smallest absolute Gasteiger partial charge is 0.406 e.